The van der Waals surface area contributed by atoms with E-state index in [1.165, 1.54) is 31.4 Å². The van der Waals surface area contributed by atoms with Gasteiger partial charge in [-0.15, -0.1) is 0 Å². The van der Waals surface area contributed by atoms with Crippen LogP contribution in [-0.2, 0) is 10.0 Å². The highest BCUT2D eigenvalue weighted by Crippen LogP contribution is 2.29. The number of hydrogen-bond donors (Lipinski definition) is 2. The molecule has 1 aromatic rings. The van der Waals surface area contributed by atoms with Gasteiger partial charge in [0.25, 0.3) is 0 Å². The molecule has 2 atom stereocenters. The average Bonchev–Trinajstić information content (AvgIpc) is 2.56. The van der Waals surface area contributed by atoms with E-state index in [1.807, 2.05) is 0 Å². The highest BCUT2D eigenvalue weighted by atomic mass is 35.5. The minimum Gasteiger partial charge on any atom is -0.381 e. The fraction of sp³-hybridized carbons (Fsp3) is 0.571. The van der Waals surface area contributed by atoms with Crippen molar-refractivity contribution in [3.05, 3.63) is 23.2 Å². The first-order chi connectivity index (χ1) is 9.36. The van der Waals surface area contributed by atoms with Crippen LogP contribution in [0.25, 0.3) is 0 Å². The lowest BCUT2D eigenvalue weighted by Gasteiger charge is -2.19. The zero-order chi connectivity index (χ0) is 14.8. The van der Waals surface area contributed by atoms with Gasteiger partial charge >= 0.3 is 0 Å². The van der Waals surface area contributed by atoms with Gasteiger partial charge in [-0.05, 0) is 43.4 Å². The highest BCUT2D eigenvalue weighted by molar-refractivity contribution is 7.89. The van der Waals surface area contributed by atoms with Gasteiger partial charge in [0.15, 0.2) is 0 Å². The second kappa shape index (κ2) is 6.33. The molecule has 1 aromatic carbocycles. The van der Waals surface area contributed by atoms with E-state index in [2.05, 4.69) is 12.2 Å². The Hall–Kier alpha value is -0.780. The van der Waals surface area contributed by atoms with Crippen molar-refractivity contribution in [2.75, 3.05) is 5.32 Å². The Morgan fingerprint density at radius 2 is 2.00 bits per heavy atom. The minimum absolute atomic E-state index is 0.0892. The number of anilines is 1. The van der Waals surface area contributed by atoms with Crippen LogP contribution in [0.4, 0.5) is 5.69 Å². The molecule has 6 heteroatoms. The Kier molecular flexibility index (Phi) is 4.94. The fourth-order valence-corrected chi connectivity index (χ4v) is 3.36. The molecule has 1 aliphatic rings. The summed E-state index contributed by atoms with van der Waals surface area (Å²) in [5.41, 5.74) is 0.651. The molecule has 4 nitrogen and oxygen atoms in total. The molecule has 0 aliphatic heterocycles. The second-order valence-electron chi connectivity index (χ2n) is 5.64. The first kappa shape index (κ1) is 15.6. The Morgan fingerprint density at radius 3 is 2.70 bits per heavy atom. The third kappa shape index (κ3) is 4.11. The number of rotatable bonds is 3. The quantitative estimate of drug-likeness (QED) is 0.840. The van der Waals surface area contributed by atoms with Gasteiger partial charge in [-0.2, -0.15) is 0 Å². The number of hydrogen-bond acceptors (Lipinski definition) is 3. The molecule has 0 saturated heterocycles. The predicted molar refractivity (Wildman–Crippen MR) is 82.5 cm³/mol. The van der Waals surface area contributed by atoms with Crippen LogP contribution in [0.5, 0.6) is 0 Å². The summed E-state index contributed by atoms with van der Waals surface area (Å²) in [6.07, 6.45) is 5.79. The summed E-state index contributed by atoms with van der Waals surface area (Å²) in [7, 11) is -3.70. The zero-order valence-corrected chi connectivity index (χ0v) is 13.2. The Bertz CT molecular complexity index is 575. The maximum Gasteiger partial charge on any atom is 0.238 e. The summed E-state index contributed by atoms with van der Waals surface area (Å²) in [6.45, 7) is 2.27. The molecule has 20 heavy (non-hydrogen) atoms. The summed E-state index contributed by atoms with van der Waals surface area (Å²) in [5.74, 6) is 0.757. The van der Waals surface area contributed by atoms with Crippen LogP contribution < -0.4 is 10.5 Å². The molecule has 112 valence electrons. The molecule has 2 unspecified atom stereocenters. The topological polar surface area (TPSA) is 72.2 Å². The Balaban J connectivity index is 2.16. The molecule has 0 spiro atoms. The molecule has 1 aliphatic carbocycles. The van der Waals surface area contributed by atoms with Crippen LogP contribution in [0.15, 0.2) is 23.1 Å². The van der Waals surface area contributed by atoms with Crippen molar-refractivity contribution in [3.8, 4) is 0 Å². The van der Waals surface area contributed by atoms with E-state index in [0.717, 1.165) is 18.8 Å². The van der Waals surface area contributed by atoms with Crippen LogP contribution in [0.2, 0.25) is 5.02 Å². The van der Waals surface area contributed by atoms with Crippen molar-refractivity contribution in [2.45, 2.75) is 50.0 Å². The monoisotopic (exact) mass is 316 g/mol. The Morgan fingerprint density at radius 1 is 1.25 bits per heavy atom. The maximum atomic E-state index is 11.4. The van der Waals surface area contributed by atoms with Crippen LogP contribution in [-0.4, -0.2) is 14.5 Å². The normalized spacial score (nSPS) is 24.1. The predicted octanol–water partition coefficient (Wildman–Crippen LogP) is 3.37. The van der Waals surface area contributed by atoms with E-state index >= 15 is 0 Å². The van der Waals surface area contributed by atoms with Crippen molar-refractivity contribution in [2.24, 2.45) is 11.1 Å². The van der Waals surface area contributed by atoms with Crippen LogP contribution in [0.3, 0.4) is 0 Å². The lowest BCUT2D eigenvalue weighted by Crippen LogP contribution is -2.19. The van der Waals surface area contributed by atoms with Crippen LogP contribution in [0, 0.1) is 5.92 Å². The second-order valence-corrected chi connectivity index (χ2v) is 7.61. The zero-order valence-electron chi connectivity index (χ0n) is 11.6. The van der Waals surface area contributed by atoms with Crippen molar-refractivity contribution >= 4 is 27.3 Å². The number of benzene rings is 1. The number of primary sulfonamides is 1. The molecular formula is C14H21ClN2O2S. The van der Waals surface area contributed by atoms with Crippen molar-refractivity contribution in [1.29, 1.82) is 0 Å². The van der Waals surface area contributed by atoms with E-state index in [4.69, 9.17) is 16.7 Å². The third-order valence-corrected chi connectivity index (χ3v) is 5.12. The van der Waals surface area contributed by atoms with Gasteiger partial charge in [-0.25, -0.2) is 13.6 Å². The third-order valence-electron chi connectivity index (χ3n) is 3.88. The van der Waals surface area contributed by atoms with Gasteiger partial charge in [-0.3, -0.25) is 0 Å². The van der Waals surface area contributed by atoms with E-state index in [1.54, 1.807) is 6.07 Å². The largest absolute Gasteiger partial charge is 0.381 e. The number of nitrogens with two attached hydrogens (primary N) is 1. The van der Waals surface area contributed by atoms with E-state index in [-0.39, 0.29) is 4.90 Å². The summed E-state index contributed by atoms with van der Waals surface area (Å²) in [6, 6.07) is 4.86. The lowest BCUT2D eigenvalue weighted by molar-refractivity contribution is 0.502. The molecule has 1 saturated carbocycles. The lowest BCUT2D eigenvalue weighted by atomic mass is 10.0. The number of nitrogens with one attached hydrogen (secondary N) is 1. The highest BCUT2D eigenvalue weighted by Gasteiger charge is 2.18. The Labute approximate surface area is 125 Å². The molecule has 0 heterocycles. The van der Waals surface area contributed by atoms with Gasteiger partial charge in [0.1, 0.15) is 0 Å². The molecule has 2 rings (SSSR count). The molecule has 0 radical (unpaired) electrons. The molecule has 0 aromatic heterocycles. The average molecular weight is 317 g/mol. The maximum absolute atomic E-state index is 11.4. The molecule has 3 N–H and O–H groups in total. The van der Waals surface area contributed by atoms with Crippen molar-refractivity contribution in [1.82, 2.24) is 0 Å². The summed E-state index contributed by atoms with van der Waals surface area (Å²) in [5, 5.41) is 9.05. The molecular weight excluding hydrogens is 296 g/mol. The summed E-state index contributed by atoms with van der Waals surface area (Å²) in [4.78, 5) is 0.0892. The first-order valence-corrected chi connectivity index (χ1v) is 8.87. The van der Waals surface area contributed by atoms with Gasteiger partial charge in [0.05, 0.1) is 15.6 Å². The van der Waals surface area contributed by atoms with E-state index in [9.17, 15) is 8.42 Å². The van der Waals surface area contributed by atoms with Gasteiger partial charge in [0.2, 0.25) is 10.0 Å². The van der Waals surface area contributed by atoms with Crippen molar-refractivity contribution < 1.29 is 8.42 Å². The van der Waals surface area contributed by atoms with Crippen LogP contribution in [0.1, 0.15) is 39.0 Å². The summed E-state index contributed by atoms with van der Waals surface area (Å²) < 4.78 is 22.8. The SMILES string of the molecule is CC1CCCC(Nc2cc(S(N)(=O)=O)ccc2Cl)CC1. The van der Waals surface area contributed by atoms with E-state index < -0.39 is 10.0 Å². The minimum atomic E-state index is -3.70. The number of sulfonamides is 1. The number of halogens is 1. The molecule has 0 bridgehead atoms. The fourth-order valence-electron chi connectivity index (χ4n) is 2.64. The summed E-state index contributed by atoms with van der Waals surface area (Å²) >= 11 is 6.14. The van der Waals surface area contributed by atoms with Crippen LogP contribution >= 0.6 is 11.6 Å². The van der Waals surface area contributed by atoms with E-state index in [0.29, 0.717) is 16.8 Å². The van der Waals surface area contributed by atoms with Gasteiger partial charge in [-0.1, -0.05) is 31.4 Å². The van der Waals surface area contributed by atoms with Gasteiger partial charge in [0, 0.05) is 6.04 Å². The molecule has 1 fully saturated rings. The smallest absolute Gasteiger partial charge is 0.238 e. The van der Waals surface area contributed by atoms with Crippen molar-refractivity contribution in [3.63, 3.8) is 0 Å². The standard InChI is InChI=1S/C14H21ClN2O2S/c1-10-3-2-4-11(6-5-10)17-14-9-12(20(16,18)19)7-8-13(14)15/h7-11,17H,2-6H2,1H3,(H2,16,18,19). The van der Waals surface area contributed by atoms with Gasteiger partial charge < -0.3 is 5.32 Å². The molecule has 0 amide bonds. The first-order valence-electron chi connectivity index (χ1n) is 6.95.